The topological polar surface area (TPSA) is 167 Å². The summed E-state index contributed by atoms with van der Waals surface area (Å²) in [5, 5.41) is 15.2. The fraction of sp³-hybridized carbons (Fsp3) is 0.763. The number of Topliss-reactive ketones (excluding diaryl/α,β-unsaturated/α-hetero) is 1. The van der Waals surface area contributed by atoms with E-state index in [4.69, 9.17) is 23.8 Å². The minimum absolute atomic E-state index is 0.0192. The van der Waals surface area contributed by atoms with Crippen LogP contribution >= 0.6 is 21.6 Å². The second-order valence-corrected chi connectivity index (χ2v) is 19.5. The van der Waals surface area contributed by atoms with E-state index in [9.17, 15) is 29.1 Å². The van der Waals surface area contributed by atoms with Gasteiger partial charge in [-0.3, -0.25) is 19.2 Å². The predicted octanol–water partition coefficient (Wildman–Crippen LogP) is 5.10. The number of amides is 3. The molecular weight excluding hydrogens is 763 g/mol. The first-order chi connectivity index (χ1) is 25.9. The number of imide groups is 1. The number of ether oxygens (including phenoxy) is 4. The van der Waals surface area contributed by atoms with Gasteiger partial charge in [-0.25, -0.2) is 18.4 Å². The minimum atomic E-state index is -2.32. The maximum atomic E-state index is 17.7. The number of carbonyl (C=O) groups excluding carboxylic acids is 5. The molecule has 3 saturated carbocycles. The number of fused-ring (bicyclic) bond motifs is 7. The fourth-order valence-corrected chi connectivity index (χ4v) is 12.2. The van der Waals surface area contributed by atoms with E-state index >= 15 is 8.78 Å². The molecule has 10 atom stereocenters. The number of carbonyl (C=O) groups is 5. The average Bonchev–Trinajstić information content (AvgIpc) is 3.73. The molecule has 0 aromatic rings. The molecule has 2 unspecified atom stereocenters. The third-order valence-electron chi connectivity index (χ3n) is 12.6. The highest BCUT2D eigenvalue weighted by Gasteiger charge is 2.80. The number of halogens is 2. The van der Waals surface area contributed by atoms with Gasteiger partial charge in [-0.1, -0.05) is 47.9 Å². The number of hydroxylamine groups is 2. The number of ketones is 2. The van der Waals surface area contributed by atoms with Crippen molar-refractivity contribution in [2.75, 3.05) is 32.3 Å². The van der Waals surface area contributed by atoms with E-state index in [0.717, 1.165) is 11.1 Å². The zero-order valence-corrected chi connectivity index (χ0v) is 33.6. The van der Waals surface area contributed by atoms with Crippen LogP contribution in [0.5, 0.6) is 0 Å². The van der Waals surface area contributed by atoms with Crippen LogP contribution in [0.3, 0.4) is 0 Å². The monoisotopic (exact) mass is 814 g/mol. The molecule has 306 valence electrons. The maximum Gasteiger partial charge on any atom is 0.407 e. The molecule has 2 heterocycles. The molecule has 0 aromatic carbocycles. The van der Waals surface area contributed by atoms with Gasteiger partial charge in [0.2, 0.25) is 5.78 Å². The van der Waals surface area contributed by atoms with Gasteiger partial charge in [-0.05, 0) is 76.5 Å². The van der Waals surface area contributed by atoms with Gasteiger partial charge in [0.25, 0.3) is 11.8 Å². The standard InChI is InChI=1S/C38H52F2N2O11S2/c1-6-7-32-52-29-18-23-24-17-26(39)25-16-22(43)10-11-35(25,4)37(24,40)27(44)19-36(23,5)38(29,53-32)28(45)20-50-33(48)41-13-15-54-55-34(2,3)12-14-49-21-51-42-30(46)8-9-31(42)47/h10-11,16,23-24,26-27,29,32,44H,6-9,12-15,17-21H2,1-5H3,(H,41,48)/t23?,24-,26-,27-,29+,32?,35-,36-,37-,38+/m0/s1. The van der Waals surface area contributed by atoms with Crippen LogP contribution in [0.2, 0.25) is 0 Å². The summed E-state index contributed by atoms with van der Waals surface area (Å²) in [7, 11) is 3.12. The normalized spacial score (nSPS) is 38.0. The van der Waals surface area contributed by atoms with Crippen LogP contribution in [0.15, 0.2) is 23.8 Å². The predicted molar refractivity (Wildman–Crippen MR) is 197 cm³/mol. The van der Waals surface area contributed by atoms with Crippen molar-refractivity contribution in [3.8, 4) is 0 Å². The molecule has 2 aliphatic heterocycles. The summed E-state index contributed by atoms with van der Waals surface area (Å²) in [5.41, 5.74) is -6.73. The number of alkyl carbamates (subject to hydrolysis) is 1. The number of allylic oxidation sites excluding steroid dienone is 4. The number of hydrogen-bond donors (Lipinski definition) is 2. The van der Waals surface area contributed by atoms with Crippen molar-refractivity contribution in [3.05, 3.63) is 23.8 Å². The highest BCUT2D eigenvalue weighted by atomic mass is 33.1. The number of aliphatic hydroxyl groups is 1. The number of alkyl halides is 2. The highest BCUT2D eigenvalue weighted by Crippen LogP contribution is 2.72. The zero-order valence-electron chi connectivity index (χ0n) is 31.9. The quantitative estimate of drug-likeness (QED) is 0.0916. The molecule has 2 N–H and O–H groups in total. The Kier molecular flexibility index (Phi) is 12.3. The van der Waals surface area contributed by atoms with Crippen LogP contribution in [-0.2, 0) is 43.0 Å². The number of aliphatic hydroxyl groups excluding tert-OH is 1. The van der Waals surface area contributed by atoms with E-state index in [0.29, 0.717) is 31.6 Å². The molecule has 3 amide bonds. The SMILES string of the molecule is CCCC1O[C@@H]2CC3[C@@H]4C[C@H](F)C5=CC(=O)C=C[C@]5(C)[C@@]4(F)[C@@H](O)C[C@]3(C)[C@]2(C(=O)COC(=O)NCCSSC(C)(C)CCOCON2C(=O)CCC2=O)O1. The molecule has 4 aliphatic carbocycles. The summed E-state index contributed by atoms with van der Waals surface area (Å²) in [5.74, 6) is -2.87. The second kappa shape index (κ2) is 16.1. The highest BCUT2D eigenvalue weighted by molar-refractivity contribution is 8.77. The van der Waals surface area contributed by atoms with Crippen molar-refractivity contribution in [1.82, 2.24) is 10.4 Å². The smallest absolute Gasteiger partial charge is 0.407 e. The van der Waals surface area contributed by atoms with Gasteiger partial charge >= 0.3 is 6.09 Å². The number of hydrogen-bond acceptors (Lipinski definition) is 13. The molecular formula is C38H52F2N2O11S2. The first-order valence-corrected chi connectivity index (χ1v) is 21.4. The summed E-state index contributed by atoms with van der Waals surface area (Å²) in [4.78, 5) is 67.6. The molecule has 0 spiro atoms. The Labute approximate surface area is 327 Å². The van der Waals surface area contributed by atoms with E-state index in [-0.39, 0.29) is 67.6 Å². The van der Waals surface area contributed by atoms with Crippen LogP contribution in [0.4, 0.5) is 13.6 Å². The third-order valence-corrected chi connectivity index (χ3v) is 15.9. The van der Waals surface area contributed by atoms with Crippen molar-refractivity contribution in [2.45, 2.75) is 127 Å². The fourth-order valence-electron chi connectivity index (χ4n) is 9.78. The van der Waals surface area contributed by atoms with Crippen molar-refractivity contribution in [1.29, 1.82) is 0 Å². The maximum absolute atomic E-state index is 17.7. The number of nitrogens with zero attached hydrogens (tertiary/aromatic N) is 1. The van der Waals surface area contributed by atoms with Gasteiger partial charge in [-0.2, -0.15) is 5.06 Å². The summed E-state index contributed by atoms with van der Waals surface area (Å²) in [6.45, 7) is 9.04. The molecule has 17 heteroatoms. The van der Waals surface area contributed by atoms with E-state index in [2.05, 4.69) is 5.32 Å². The lowest BCUT2D eigenvalue weighted by Gasteiger charge is -2.63. The van der Waals surface area contributed by atoms with Crippen molar-refractivity contribution >= 4 is 51.1 Å². The summed E-state index contributed by atoms with van der Waals surface area (Å²) in [6.07, 6.45) is -0.0349. The van der Waals surface area contributed by atoms with Gasteiger partial charge in [-0.15, -0.1) is 0 Å². The van der Waals surface area contributed by atoms with Gasteiger partial charge in [0.1, 0.15) is 6.17 Å². The van der Waals surface area contributed by atoms with Gasteiger partial charge in [0.05, 0.1) is 18.8 Å². The lowest BCUT2D eigenvalue weighted by Crippen LogP contribution is -2.71. The summed E-state index contributed by atoms with van der Waals surface area (Å²) in [6, 6.07) is 0. The molecule has 2 saturated heterocycles. The Morgan fingerprint density at radius 2 is 1.87 bits per heavy atom. The van der Waals surface area contributed by atoms with Gasteiger partial charge in [0, 0.05) is 46.6 Å². The first kappa shape index (κ1) is 42.2. The lowest BCUT2D eigenvalue weighted by atomic mass is 9.44. The molecule has 6 rings (SSSR count). The Morgan fingerprint density at radius 1 is 1.15 bits per heavy atom. The number of nitrogens with one attached hydrogen (secondary N) is 1. The van der Waals surface area contributed by atoms with E-state index in [1.54, 1.807) is 17.7 Å². The molecule has 0 bridgehead atoms. The van der Waals surface area contributed by atoms with Crippen LogP contribution in [0.1, 0.15) is 86.0 Å². The second-order valence-electron chi connectivity index (χ2n) is 16.4. The van der Waals surface area contributed by atoms with E-state index < -0.39 is 82.9 Å². The Bertz CT molecular complexity index is 1600. The third kappa shape index (κ3) is 7.44. The summed E-state index contributed by atoms with van der Waals surface area (Å²) >= 11 is 0. The van der Waals surface area contributed by atoms with Gasteiger partial charge in [0.15, 0.2) is 36.7 Å². The summed E-state index contributed by atoms with van der Waals surface area (Å²) < 4.78 is 57.1. The largest absolute Gasteiger partial charge is 0.441 e. The van der Waals surface area contributed by atoms with Crippen molar-refractivity contribution < 1.29 is 61.6 Å². The van der Waals surface area contributed by atoms with Crippen molar-refractivity contribution in [3.63, 3.8) is 0 Å². The molecule has 0 aromatic heterocycles. The molecule has 6 aliphatic rings. The van der Waals surface area contributed by atoms with Crippen LogP contribution in [-0.4, -0.2) is 113 Å². The number of rotatable bonds is 16. The van der Waals surface area contributed by atoms with E-state index in [1.807, 2.05) is 20.8 Å². The molecule has 13 nitrogen and oxygen atoms in total. The Balaban J connectivity index is 1.02. The van der Waals surface area contributed by atoms with E-state index in [1.165, 1.54) is 29.9 Å². The first-order valence-electron chi connectivity index (χ1n) is 19.0. The average molecular weight is 815 g/mol. The van der Waals surface area contributed by atoms with Gasteiger partial charge < -0.3 is 29.4 Å². The molecule has 5 fully saturated rings. The minimum Gasteiger partial charge on any atom is -0.441 e. The lowest BCUT2D eigenvalue weighted by molar-refractivity contribution is -0.234. The van der Waals surface area contributed by atoms with Crippen LogP contribution in [0, 0.1) is 22.7 Å². The van der Waals surface area contributed by atoms with Crippen LogP contribution in [0.25, 0.3) is 0 Å². The Hall–Kier alpha value is -2.41. The van der Waals surface area contributed by atoms with Crippen molar-refractivity contribution in [2.24, 2.45) is 22.7 Å². The van der Waals surface area contributed by atoms with Crippen LogP contribution < -0.4 is 5.32 Å². The molecule has 55 heavy (non-hydrogen) atoms. The Morgan fingerprint density at radius 3 is 2.58 bits per heavy atom. The molecule has 0 radical (unpaired) electrons. The zero-order chi connectivity index (χ0) is 40.0.